The van der Waals surface area contributed by atoms with Gasteiger partial charge in [0.25, 0.3) is 0 Å². The van der Waals surface area contributed by atoms with E-state index in [4.69, 9.17) is 5.26 Å². The Hall–Kier alpha value is -2.27. The summed E-state index contributed by atoms with van der Waals surface area (Å²) >= 11 is 0. The maximum Gasteiger partial charge on any atom is 0.0628 e. The van der Waals surface area contributed by atoms with Crippen molar-refractivity contribution in [2.24, 2.45) is 0 Å². The van der Waals surface area contributed by atoms with Gasteiger partial charge >= 0.3 is 0 Å². The van der Waals surface area contributed by atoms with Gasteiger partial charge in [-0.2, -0.15) is 5.26 Å². The molecule has 0 radical (unpaired) electrons. The lowest BCUT2D eigenvalue weighted by molar-refractivity contribution is 0.685. The fraction of sp³-hybridized carbons (Fsp3) is 0.235. The molecule has 0 fully saturated rings. The minimum Gasteiger partial charge on any atom is -0.354 e. The molecule has 0 saturated carbocycles. The Morgan fingerprint density at radius 2 is 1.89 bits per heavy atom. The molecular formula is C17H16N2. The van der Waals surface area contributed by atoms with Crippen LogP contribution in [0.3, 0.4) is 0 Å². The summed E-state index contributed by atoms with van der Waals surface area (Å²) in [6.07, 6.45) is 1.56. The van der Waals surface area contributed by atoms with Crippen molar-refractivity contribution in [3.63, 3.8) is 0 Å². The molecule has 2 heteroatoms. The molecule has 0 saturated heterocycles. The Bertz CT molecular complexity index is 762. The van der Waals surface area contributed by atoms with E-state index in [9.17, 15) is 0 Å². The van der Waals surface area contributed by atoms with E-state index < -0.39 is 0 Å². The molecule has 3 aromatic rings. The van der Waals surface area contributed by atoms with Gasteiger partial charge in [-0.3, -0.25) is 0 Å². The lowest BCUT2D eigenvalue weighted by Crippen LogP contribution is -1.97. The highest BCUT2D eigenvalue weighted by Crippen LogP contribution is 2.33. The van der Waals surface area contributed by atoms with E-state index in [0.29, 0.717) is 12.3 Å². The number of aromatic nitrogens is 1. The molecule has 3 rings (SSSR count). The van der Waals surface area contributed by atoms with Gasteiger partial charge in [-0.15, -0.1) is 0 Å². The summed E-state index contributed by atoms with van der Waals surface area (Å²) in [6, 6.07) is 17.0. The van der Waals surface area contributed by atoms with Crippen LogP contribution in [-0.2, 0) is 0 Å². The average Bonchev–Trinajstić information content (AvgIpc) is 2.83. The number of fused-ring (bicyclic) bond motifs is 3. The van der Waals surface area contributed by atoms with E-state index in [1.165, 1.54) is 21.9 Å². The second-order valence-electron chi connectivity index (χ2n) is 4.91. The van der Waals surface area contributed by atoms with Crippen LogP contribution >= 0.6 is 0 Å². The van der Waals surface area contributed by atoms with Crippen LogP contribution in [0.4, 0.5) is 0 Å². The molecule has 1 unspecified atom stereocenters. The molecular weight excluding hydrogens is 232 g/mol. The van der Waals surface area contributed by atoms with Gasteiger partial charge in [0, 0.05) is 22.7 Å². The van der Waals surface area contributed by atoms with E-state index >= 15 is 0 Å². The summed E-state index contributed by atoms with van der Waals surface area (Å²) in [7, 11) is 0. The zero-order chi connectivity index (χ0) is 13.2. The normalized spacial score (nSPS) is 12.6. The van der Waals surface area contributed by atoms with Crippen LogP contribution in [0.5, 0.6) is 0 Å². The van der Waals surface area contributed by atoms with Gasteiger partial charge in [-0.25, -0.2) is 0 Å². The van der Waals surface area contributed by atoms with E-state index in [1.807, 2.05) is 6.07 Å². The monoisotopic (exact) mass is 248 g/mol. The Balaban J connectivity index is 2.29. The van der Waals surface area contributed by atoms with Gasteiger partial charge in [0.1, 0.15) is 0 Å². The first-order valence-corrected chi connectivity index (χ1v) is 6.71. The zero-order valence-corrected chi connectivity index (χ0v) is 11.0. The number of rotatable bonds is 3. The van der Waals surface area contributed by atoms with Crippen molar-refractivity contribution in [1.29, 1.82) is 5.26 Å². The number of H-pyrrole nitrogens is 1. The Labute approximate surface area is 112 Å². The predicted molar refractivity (Wildman–Crippen MR) is 79.1 cm³/mol. The summed E-state index contributed by atoms with van der Waals surface area (Å²) in [5.74, 6) is 0.307. The molecule has 0 spiro atoms. The second-order valence-corrected chi connectivity index (χ2v) is 4.91. The van der Waals surface area contributed by atoms with Crippen molar-refractivity contribution in [1.82, 2.24) is 4.98 Å². The molecule has 2 aromatic carbocycles. The number of hydrogen-bond donors (Lipinski definition) is 1. The van der Waals surface area contributed by atoms with Crippen LogP contribution in [0, 0.1) is 11.3 Å². The van der Waals surface area contributed by atoms with Crippen molar-refractivity contribution in [3.8, 4) is 6.07 Å². The minimum absolute atomic E-state index is 0.307. The molecule has 1 heterocycles. The van der Waals surface area contributed by atoms with E-state index in [0.717, 1.165) is 11.9 Å². The molecule has 2 nitrogen and oxygen atoms in total. The Morgan fingerprint density at radius 3 is 2.68 bits per heavy atom. The Morgan fingerprint density at radius 1 is 1.11 bits per heavy atom. The van der Waals surface area contributed by atoms with Gasteiger partial charge in [0.2, 0.25) is 0 Å². The first kappa shape index (κ1) is 11.8. The molecule has 19 heavy (non-hydrogen) atoms. The van der Waals surface area contributed by atoms with E-state index in [2.05, 4.69) is 54.4 Å². The molecule has 1 atom stereocenters. The van der Waals surface area contributed by atoms with Crippen LogP contribution in [0.15, 0.2) is 42.5 Å². The summed E-state index contributed by atoms with van der Waals surface area (Å²) in [5, 5.41) is 11.5. The van der Waals surface area contributed by atoms with Gasteiger partial charge < -0.3 is 4.98 Å². The Kier molecular flexibility index (Phi) is 2.97. The lowest BCUT2D eigenvalue weighted by atomic mass is 9.92. The quantitative estimate of drug-likeness (QED) is 0.715. The highest BCUT2D eigenvalue weighted by atomic mass is 14.7. The summed E-state index contributed by atoms with van der Waals surface area (Å²) in [5.41, 5.74) is 3.61. The van der Waals surface area contributed by atoms with Gasteiger partial charge in [-0.05, 0) is 24.0 Å². The van der Waals surface area contributed by atoms with Crippen LogP contribution < -0.4 is 0 Å². The highest BCUT2D eigenvalue weighted by molar-refractivity contribution is 6.08. The van der Waals surface area contributed by atoms with Gasteiger partial charge in [0.05, 0.1) is 11.6 Å². The topological polar surface area (TPSA) is 39.6 Å². The minimum atomic E-state index is 0.307. The van der Waals surface area contributed by atoms with E-state index in [1.54, 1.807) is 0 Å². The number of nitrogens with zero attached hydrogens (tertiary/aromatic N) is 1. The number of aromatic amines is 1. The van der Waals surface area contributed by atoms with Crippen LogP contribution in [0.2, 0.25) is 0 Å². The van der Waals surface area contributed by atoms with Crippen molar-refractivity contribution < 1.29 is 0 Å². The summed E-state index contributed by atoms with van der Waals surface area (Å²) in [4.78, 5) is 3.51. The first-order chi connectivity index (χ1) is 9.35. The van der Waals surface area contributed by atoms with Crippen molar-refractivity contribution in [2.45, 2.75) is 25.7 Å². The molecule has 0 amide bonds. The van der Waals surface area contributed by atoms with Crippen molar-refractivity contribution in [3.05, 3.63) is 48.0 Å². The molecule has 1 N–H and O–H groups in total. The third-order valence-electron chi connectivity index (χ3n) is 3.84. The standard InChI is InChI=1S/C17H16N2/c1-2-12(10-11-18)13-7-5-8-15-14-6-3-4-9-16(14)19-17(13)15/h3-9,12,19H,2,10H2,1H3. The zero-order valence-electron chi connectivity index (χ0n) is 11.0. The fourth-order valence-electron chi connectivity index (χ4n) is 2.82. The largest absolute Gasteiger partial charge is 0.354 e. The van der Waals surface area contributed by atoms with Crippen molar-refractivity contribution >= 4 is 21.8 Å². The van der Waals surface area contributed by atoms with E-state index in [-0.39, 0.29) is 0 Å². The highest BCUT2D eigenvalue weighted by Gasteiger charge is 2.14. The molecule has 0 bridgehead atoms. The number of hydrogen-bond acceptors (Lipinski definition) is 1. The fourth-order valence-corrected chi connectivity index (χ4v) is 2.82. The molecule has 94 valence electrons. The third-order valence-corrected chi connectivity index (χ3v) is 3.84. The third kappa shape index (κ3) is 1.88. The smallest absolute Gasteiger partial charge is 0.0628 e. The second kappa shape index (κ2) is 4.78. The van der Waals surface area contributed by atoms with Crippen LogP contribution in [-0.4, -0.2) is 4.98 Å². The summed E-state index contributed by atoms with van der Waals surface area (Å²) in [6.45, 7) is 2.14. The molecule has 1 aromatic heterocycles. The van der Waals surface area contributed by atoms with Gasteiger partial charge in [-0.1, -0.05) is 43.3 Å². The maximum atomic E-state index is 8.98. The van der Waals surface area contributed by atoms with Crippen molar-refractivity contribution in [2.75, 3.05) is 0 Å². The molecule has 0 aliphatic rings. The SMILES string of the molecule is CCC(CC#N)c1cccc2c1[nH]c1ccccc12. The van der Waals surface area contributed by atoms with Crippen LogP contribution in [0.1, 0.15) is 31.2 Å². The van der Waals surface area contributed by atoms with Crippen LogP contribution in [0.25, 0.3) is 21.8 Å². The maximum absolute atomic E-state index is 8.98. The summed E-state index contributed by atoms with van der Waals surface area (Å²) < 4.78 is 0. The average molecular weight is 248 g/mol. The lowest BCUT2D eigenvalue weighted by Gasteiger charge is -2.12. The van der Waals surface area contributed by atoms with Gasteiger partial charge in [0.15, 0.2) is 0 Å². The predicted octanol–water partition coefficient (Wildman–Crippen LogP) is 4.73. The number of nitriles is 1. The number of nitrogens with one attached hydrogen (secondary N) is 1. The number of benzene rings is 2. The number of para-hydroxylation sites is 2. The molecule has 0 aliphatic heterocycles. The first-order valence-electron chi connectivity index (χ1n) is 6.71. The molecule has 0 aliphatic carbocycles.